The number of halogens is 2. The average molecular weight is 573 g/mol. The molecule has 0 aliphatic carbocycles. The van der Waals surface area contributed by atoms with E-state index >= 15 is 4.39 Å². The molecule has 0 atom stereocenters. The molecule has 11 nitrogen and oxygen atoms in total. The van der Waals surface area contributed by atoms with Gasteiger partial charge in [-0.15, -0.1) is 0 Å². The fourth-order valence-corrected chi connectivity index (χ4v) is 5.19. The zero-order valence-corrected chi connectivity index (χ0v) is 22.7. The minimum absolute atomic E-state index is 0.109. The van der Waals surface area contributed by atoms with Crippen LogP contribution in [-0.2, 0) is 10.0 Å². The van der Waals surface area contributed by atoms with Crippen molar-refractivity contribution in [2.75, 3.05) is 41.8 Å². The lowest BCUT2D eigenvalue weighted by Gasteiger charge is -2.24. The van der Waals surface area contributed by atoms with Crippen LogP contribution in [0.15, 0.2) is 42.9 Å². The quantitative estimate of drug-likeness (QED) is 0.237. The van der Waals surface area contributed by atoms with Crippen molar-refractivity contribution < 1.29 is 17.5 Å². The molecule has 2 aromatic heterocycles. The first-order chi connectivity index (χ1) is 18.7. The van der Waals surface area contributed by atoms with Crippen LogP contribution < -0.4 is 25.4 Å². The topological polar surface area (TPSA) is 143 Å². The summed E-state index contributed by atoms with van der Waals surface area (Å²) in [6.07, 6.45) is 7.07. The maximum Gasteiger partial charge on any atom is 0.229 e. The zero-order valence-electron chi connectivity index (χ0n) is 21.1. The van der Waals surface area contributed by atoms with E-state index in [9.17, 15) is 8.42 Å². The largest absolute Gasteiger partial charge is 0.495 e. The first-order valence-electron chi connectivity index (χ1n) is 12.1. The Hall–Kier alpha value is -3.81. The van der Waals surface area contributed by atoms with Gasteiger partial charge in [0.2, 0.25) is 16.0 Å². The maximum atomic E-state index is 15.1. The molecule has 4 N–H and O–H groups in total. The molecule has 4 aromatic rings. The van der Waals surface area contributed by atoms with Crippen LogP contribution in [0.5, 0.6) is 5.75 Å². The molecule has 14 heteroatoms. The van der Waals surface area contributed by atoms with E-state index in [1.165, 1.54) is 31.8 Å². The number of methoxy groups -OCH3 is 1. The third-order valence-electron chi connectivity index (χ3n) is 6.27. The number of piperidine rings is 1. The van der Waals surface area contributed by atoms with Crippen molar-refractivity contribution in [3.05, 3.63) is 59.3 Å². The number of fused-ring (bicyclic) bond motifs is 1. The molecule has 0 amide bonds. The molecule has 1 aliphatic heterocycles. The second-order valence-corrected chi connectivity index (χ2v) is 11.2. The summed E-state index contributed by atoms with van der Waals surface area (Å²) >= 11 is 6.37. The molecule has 3 heterocycles. The van der Waals surface area contributed by atoms with Gasteiger partial charge in [0.25, 0.3) is 0 Å². The van der Waals surface area contributed by atoms with E-state index in [0.29, 0.717) is 33.7 Å². The SMILES string of the molecule is COc1cc(C2CCNCC2)c(F)cc1Nc1ncc(Cl)c(Nc2ccc3nccnc3c2NS(C)(=O)=O)n1. The Labute approximate surface area is 229 Å². The molecular weight excluding hydrogens is 547 g/mol. The van der Waals surface area contributed by atoms with Gasteiger partial charge in [-0.25, -0.2) is 17.8 Å². The Morgan fingerprint density at radius 2 is 1.85 bits per heavy atom. The van der Waals surface area contributed by atoms with Crippen LogP contribution in [-0.4, -0.2) is 54.8 Å². The molecule has 0 spiro atoms. The lowest BCUT2D eigenvalue weighted by molar-refractivity contribution is 0.409. The van der Waals surface area contributed by atoms with Gasteiger partial charge >= 0.3 is 0 Å². The number of sulfonamides is 1. The summed E-state index contributed by atoms with van der Waals surface area (Å²) < 4.78 is 47.3. The smallest absolute Gasteiger partial charge is 0.229 e. The van der Waals surface area contributed by atoms with Crippen molar-refractivity contribution in [3.8, 4) is 5.75 Å². The molecule has 1 saturated heterocycles. The summed E-state index contributed by atoms with van der Waals surface area (Å²) in [4.78, 5) is 17.1. The third-order valence-corrected chi connectivity index (χ3v) is 7.12. The van der Waals surface area contributed by atoms with Gasteiger partial charge in [-0.05, 0) is 55.6 Å². The van der Waals surface area contributed by atoms with Gasteiger partial charge in [0.1, 0.15) is 22.1 Å². The molecule has 0 radical (unpaired) electrons. The van der Waals surface area contributed by atoms with E-state index in [1.54, 1.807) is 18.2 Å². The minimum Gasteiger partial charge on any atom is -0.495 e. The Bertz CT molecular complexity index is 1630. The molecule has 0 saturated carbocycles. The predicted molar refractivity (Wildman–Crippen MR) is 149 cm³/mol. The second kappa shape index (κ2) is 11.1. The molecular formula is C25H26ClFN8O3S. The van der Waals surface area contributed by atoms with Crippen molar-refractivity contribution in [2.45, 2.75) is 18.8 Å². The second-order valence-electron chi connectivity index (χ2n) is 9.02. The molecule has 1 aliphatic rings. The van der Waals surface area contributed by atoms with E-state index in [4.69, 9.17) is 16.3 Å². The highest BCUT2D eigenvalue weighted by Crippen LogP contribution is 2.37. The standard InChI is InChI=1S/C25H26ClFN8O3S/c1-38-21-11-15(14-5-7-28-8-6-14)17(27)12-20(21)33-25-31-13-16(26)24(34-25)32-19-4-3-18-22(30-10-9-29-18)23(19)35-39(2,36)37/h3-4,9-14,28,35H,5-8H2,1-2H3,(H2,31,32,33,34). The highest BCUT2D eigenvalue weighted by atomic mass is 35.5. The molecule has 2 aromatic carbocycles. The van der Waals surface area contributed by atoms with Crippen molar-refractivity contribution >= 4 is 61.5 Å². The maximum absolute atomic E-state index is 15.1. The van der Waals surface area contributed by atoms with E-state index < -0.39 is 10.0 Å². The number of ether oxygens (including phenoxy) is 1. The third kappa shape index (κ3) is 6.10. The van der Waals surface area contributed by atoms with Gasteiger partial charge in [0.05, 0.1) is 42.1 Å². The Kier molecular flexibility index (Phi) is 7.64. The average Bonchev–Trinajstić information content (AvgIpc) is 2.92. The summed E-state index contributed by atoms with van der Waals surface area (Å²) in [5.41, 5.74) is 2.32. The fraction of sp³-hybridized carbons (Fsp3) is 0.280. The molecule has 0 bridgehead atoms. The van der Waals surface area contributed by atoms with Crippen LogP contribution in [0.2, 0.25) is 5.02 Å². The summed E-state index contributed by atoms with van der Waals surface area (Å²) in [5, 5.41) is 9.50. The van der Waals surface area contributed by atoms with Crippen LogP contribution in [0, 0.1) is 5.82 Å². The van der Waals surface area contributed by atoms with Crippen LogP contribution in [0.3, 0.4) is 0 Å². The number of hydrogen-bond donors (Lipinski definition) is 4. The highest BCUT2D eigenvalue weighted by Gasteiger charge is 2.22. The van der Waals surface area contributed by atoms with Crippen LogP contribution in [0.1, 0.15) is 24.3 Å². The molecule has 1 fully saturated rings. The predicted octanol–water partition coefficient (Wildman–Crippen LogP) is 4.55. The van der Waals surface area contributed by atoms with E-state index in [1.807, 2.05) is 0 Å². The van der Waals surface area contributed by atoms with Crippen molar-refractivity contribution in [1.82, 2.24) is 25.3 Å². The van der Waals surface area contributed by atoms with Crippen LogP contribution in [0.25, 0.3) is 11.0 Å². The van der Waals surface area contributed by atoms with E-state index in [-0.39, 0.29) is 34.2 Å². The number of nitrogens with zero attached hydrogens (tertiary/aromatic N) is 4. The Morgan fingerprint density at radius 3 is 2.59 bits per heavy atom. The van der Waals surface area contributed by atoms with Crippen molar-refractivity contribution in [2.24, 2.45) is 0 Å². The van der Waals surface area contributed by atoms with Crippen LogP contribution >= 0.6 is 11.6 Å². The Morgan fingerprint density at radius 1 is 1.08 bits per heavy atom. The first kappa shape index (κ1) is 26.8. The molecule has 0 unspecified atom stereocenters. The zero-order chi connectivity index (χ0) is 27.6. The van der Waals surface area contributed by atoms with Crippen molar-refractivity contribution in [3.63, 3.8) is 0 Å². The summed E-state index contributed by atoms with van der Waals surface area (Å²) in [7, 11) is -2.14. The lowest BCUT2D eigenvalue weighted by Crippen LogP contribution is -2.27. The highest BCUT2D eigenvalue weighted by molar-refractivity contribution is 7.92. The summed E-state index contributed by atoms with van der Waals surface area (Å²) in [6, 6.07) is 6.40. The summed E-state index contributed by atoms with van der Waals surface area (Å²) in [6.45, 7) is 1.68. The van der Waals surface area contributed by atoms with Crippen LogP contribution in [0.4, 0.5) is 33.2 Å². The molecule has 39 heavy (non-hydrogen) atoms. The van der Waals surface area contributed by atoms with Crippen molar-refractivity contribution in [1.29, 1.82) is 0 Å². The molecule has 5 rings (SSSR count). The minimum atomic E-state index is -3.65. The number of benzene rings is 2. The number of aromatic nitrogens is 4. The first-order valence-corrected chi connectivity index (χ1v) is 14.3. The number of hydrogen-bond acceptors (Lipinski definition) is 10. The summed E-state index contributed by atoms with van der Waals surface area (Å²) in [5.74, 6) is 0.516. The fourth-order valence-electron chi connectivity index (χ4n) is 4.47. The van der Waals surface area contributed by atoms with Gasteiger partial charge in [0.15, 0.2) is 5.82 Å². The number of rotatable bonds is 8. The number of anilines is 5. The van der Waals surface area contributed by atoms with Gasteiger partial charge in [0, 0.05) is 18.5 Å². The Balaban J connectivity index is 1.46. The van der Waals surface area contributed by atoms with Gasteiger partial charge < -0.3 is 20.7 Å². The van der Waals surface area contributed by atoms with Gasteiger partial charge in [-0.2, -0.15) is 4.98 Å². The van der Waals surface area contributed by atoms with Gasteiger partial charge in [-0.1, -0.05) is 11.6 Å². The van der Waals surface area contributed by atoms with Gasteiger partial charge in [-0.3, -0.25) is 14.7 Å². The lowest BCUT2D eigenvalue weighted by atomic mass is 9.89. The number of nitrogens with one attached hydrogen (secondary N) is 4. The monoisotopic (exact) mass is 572 g/mol. The van der Waals surface area contributed by atoms with E-state index in [0.717, 1.165) is 32.2 Å². The molecule has 204 valence electrons. The normalized spacial score (nSPS) is 14.3. The van der Waals surface area contributed by atoms with E-state index in [2.05, 4.69) is 40.6 Å².